The Bertz CT molecular complexity index is 236. The summed E-state index contributed by atoms with van der Waals surface area (Å²) in [5.41, 5.74) is -0.149. The molecule has 0 bridgehead atoms. The van der Waals surface area contributed by atoms with Crippen molar-refractivity contribution in [2.24, 2.45) is 5.92 Å². The third-order valence-corrected chi connectivity index (χ3v) is 1.68. The fourth-order valence-corrected chi connectivity index (χ4v) is 0.953. The number of aliphatic carboxylic acids is 1. The highest BCUT2D eigenvalue weighted by Gasteiger charge is 2.03. The molecule has 0 radical (unpaired) electrons. The van der Waals surface area contributed by atoms with Crippen LogP contribution in [-0.4, -0.2) is 11.1 Å². The van der Waals surface area contributed by atoms with Gasteiger partial charge in [0.2, 0.25) is 0 Å². The van der Waals surface area contributed by atoms with E-state index in [0.717, 1.165) is 12.8 Å². The summed E-state index contributed by atoms with van der Waals surface area (Å²) in [5, 5.41) is 16.9. The molecule has 0 unspecified atom stereocenters. The zero-order valence-corrected chi connectivity index (χ0v) is 8.08. The van der Waals surface area contributed by atoms with Gasteiger partial charge in [-0.05, 0) is 18.8 Å². The van der Waals surface area contributed by atoms with E-state index in [9.17, 15) is 4.79 Å². The van der Waals surface area contributed by atoms with Gasteiger partial charge >= 0.3 is 5.97 Å². The van der Waals surface area contributed by atoms with Crippen molar-refractivity contribution in [3.8, 4) is 6.07 Å². The molecule has 0 saturated heterocycles. The van der Waals surface area contributed by atoms with Crippen LogP contribution in [0, 0.1) is 17.2 Å². The lowest BCUT2D eigenvalue weighted by Crippen LogP contribution is -1.97. The fourth-order valence-electron chi connectivity index (χ4n) is 0.953. The van der Waals surface area contributed by atoms with Gasteiger partial charge in [-0.15, -0.1) is 0 Å². The van der Waals surface area contributed by atoms with Gasteiger partial charge in [0.05, 0.1) is 0 Å². The van der Waals surface area contributed by atoms with Crippen LogP contribution < -0.4 is 0 Å². The van der Waals surface area contributed by atoms with Crippen LogP contribution in [-0.2, 0) is 4.79 Å². The molecule has 0 aromatic rings. The number of carboxylic acids is 1. The van der Waals surface area contributed by atoms with Gasteiger partial charge in [0, 0.05) is 0 Å². The fraction of sp³-hybridized carbons (Fsp3) is 0.600. The van der Waals surface area contributed by atoms with Crippen molar-refractivity contribution in [1.82, 2.24) is 0 Å². The van der Waals surface area contributed by atoms with Gasteiger partial charge in [-0.3, -0.25) is 0 Å². The number of nitriles is 1. The minimum absolute atomic E-state index is 0.149. The molecule has 0 spiro atoms. The summed E-state index contributed by atoms with van der Waals surface area (Å²) >= 11 is 0. The Morgan fingerprint density at radius 3 is 2.62 bits per heavy atom. The van der Waals surface area contributed by atoms with E-state index in [4.69, 9.17) is 10.4 Å². The van der Waals surface area contributed by atoms with Crippen LogP contribution in [0.4, 0.5) is 0 Å². The number of unbranched alkanes of at least 4 members (excludes halogenated alkanes) is 1. The topological polar surface area (TPSA) is 61.1 Å². The molecule has 0 atom stereocenters. The molecule has 3 nitrogen and oxygen atoms in total. The summed E-state index contributed by atoms with van der Waals surface area (Å²) in [5.74, 6) is -0.504. The van der Waals surface area contributed by atoms with Crippen molar-refractivity contribution in [2.75, 3.05) is 0 Å². The average molecular weight is 181 g/mol. The smallest absolute Gasteiger partial charge is 0.346 e. The van der Waals surface area contributed by atoms with Crippen LogP contribution in [0.25, 0.3) is 0 Å². The number of allylic oxidation sites excluding steroid dienone is 1. The van der Waals surface area contributed by atoms with Crippen molar-refractivity contribution in [2.45, 2.75) is 33.1 Å². The summed E-state index contributed by atoms with van der Waals surface area (Å²) in [6.45, 7) is 4.23. The maximum atomic E-state index is 10.4. The standard InChI is InChI=1S/C10H15NO2/c1-8(2)5-3-4-6-9(7-11)10(12)13/h6,8H,3-5H2,1-2H3,(H,12,13). The van der Waals surface area contributed by atoms with Gasteiger partial charge in [-0.25, -0.2) is 4.79 Å². The van der Waals surface area contributed by atoms with Gasteiger partial charge < -0.3 is 5.11 Å². The number of hydrogen-bond acceptors (Lipinski definition) is 2. The maximum Gasteiger partial charge on any atom is 0.346 e. The van der Waals surface area contributed by atoms with E-state index >= 15 is 0 Å². The molecule has 0 heterocycles. The molecule has 0 aliphatic rings. The van der Waals surface area contributed by atoms with Crippen LogP contribution >= 0.6 is 0 Å². The van der Waals surface area contributed by atoms with E-state index < -0.39 is 5.97 Å². The second kappa shape index (κ2) is 6.24. The highest BCUT2D eigenvalue weighted by molar-refractivity contribution is 5.90. The Balaban J connectivity index is 3.83. The number of hydrogen-bond donors (Lipinski definition) is 1. The normalized spacial score (nSPS) is 11.4. The van der Waals surface area contributed by atoms with Crippen molar-refractivity contribution >= 4 is 5.97 Å². The van der Waals surface area contributed by atoms with Crippen LogP contribution in [0.3, 0.4) is 0 Å². The molecule has 0 amide bonds. The van der Waals surface area contributed by atoms with Gasteiger partial charge in [0.15, 0.2) is 0 Å². The monoisotopic (exact) mass is 181 g/mol. The highest BCUT2D eigenvalue weighted by Crippen LogP contribution is 2.07. The summed E-state index contributed by atoms with van der Waals surface area (Å²) in [7, 11) is 0. The van der Waals surface area contributed by atoms with Gasteiger partial charge in [-0.2, -0.15) is 5.26 Å². The minimum atomic E-state index is -1.13. The lowest BCUT2D eigenvalue weighted by molar-refractivity contribution is -0.132. The van der Waals surface area contributed by atoms with E-state index in [1.54, 1.807) is 6.07 Å². The molecule has 13 heavy (non-hydrogen) atoms. The summed E-state index contributed by atoms with van der Waals surface area (Å²) < 4.78 is 0. The third-order valence-electron chi connectivity index (χ3n) is 1.68. The molecule has 0 aromatic carbocycles. The highest BCUT2D eigenvalue weighted by atomic mass is 16.4. The Kier molecular flexibility index (Phi) is 5.62. The number of carboxylic acid groups (broad SMARTS) is 1. The second-order valence-electron chi connectivity index (χ2n) is 3.36. The van der Waals surface area contributed by atoms with Crippen molar-refractivity contribution in [1.29, 1.82) is 5.26 Å². The zero-order valence-electron chi connectivity index (χ0n) is 8.08. The van der Waals surface area contributed by atoms with Crippen molar-refractivity contribution in [3.05, 3.63) is 11.6 Å². The third kappa shape index (κ3) is 5.92. The Morgan fingerprint density at radius 2 is 2.23 bits per heavy atom. The predicted octanol–water partition coefficient (Wildman–Crippen LogP) is 2.35. The molecule has 3 heteroatoms. The van der Waals surface area contributed by atoms with E-state index in [2.05, 4.69) is 13.8 Å². The Labute approximate surface area is 78.7 Å². The minimum Gasteiger partial charge on any atom is -0.477 e. The first-order valence-electron chi connectivity index (χ1n) is 4.41. The van der Waals surface area contributed by atoms with Crippen LogP contribution in [0.15, 0.2) is 11.6 Å². The number of carbonyl (C=O) groups is 1. The van der Waals surface area contributed by atoms with E-state index in [1.165, 1.54) is 6.08 Å². The Morgan fingerprint density at radius 1 is 1.62 bits per heavy atom. The summed E-state index contributed by atoms with van der Waals surface area (Å²) in [6, 6.07) is 1.65. The van der Waals surface area contributed by atoms with Gasteiger partial charge in [0.1, 0.15) is 11.6 Å². The molecule has 72 valence electrons. The molecular formula is C10H15NO2. The first-order valence-corrected chi connectivity index (χ1v) is 4.41. The first-order chi connectivity index (χ1) is 6.07. The van der Waals surface area contributed by atoms with Crippen LogP contribution in [0.1, 0.15) is 33.1 Å². The van der Waals surface area contributed by atoms with E-state index in [-0.39, 0.29) is 5.57 Å². The number of nitrogens with zero attached hydrogens (tertiary/aromatic N) is 1. The molecule has 0 aromatic heterocycles. The van der Waals surface area contributed by atoms with Crippen molar-refractivity contribution in [3.63, 3.8) is 0 Å². The maximum absolute atomic E-state index is 10.4. The largest absolute Gasteiger partial charge is 0.477 e. The van der Waals surface area contributed by atoms with E-state index in [1.807, 2.05) is 0 Å². The average Bonchev–Trinajstić information content (AvgIpc) is 2.03. The van der Waals surface area contributed by atoms with Gasteiger partial charge in [0.25, 0.3) is 0 Å². The predicted molar refractivity (Wildman–Crippen MR) is 50.0 cm³/mol. The quantitative estimate of drug-likeness (QED) is 0.402. The molecule has 0 fully saturated rings. The van der Waals surface area contributed by atoms with Gasteiger partial charge in [-0.1, -0.05) is 26.3 Å². The van der Waals surface area contributed by atoms with Crippen LogP contribution in [0.5, 0.6) is 0 Å². The molecule has 0 aliphatic carbocycles. The molecule has 0 saturated carbocycles. The lowest BCUT2D eigenvalue weighted by atomic mass is 10.1. The molecule has 0 rings (SSSR count). The zero-order chi connectivity index (χ0) is 10.3. The van der Waals surface area contributed by atoms with Crippen LogP contribution in [0.2, 0.25) is 0 Å². The lowest BCUT2D eigenvalue weighted by Gasteiger charge is -2.00. The first kappa shape index (κ1) is 11.7. The Hall–Kier alpha value is -1.30. The molecule has 0 aliphatic heterocycles. The SMILES string of the molecule is CC(C)CCCC=C(C#N)C(=O)O. The molecule has 1 N–H and O–H groups in total. The molecular weight excluding hydrogens is 166 g/mol. The summed E-state index contributed by atoms with van der Waals surface area (Å²) in [6.07, 6.45) is 4.17. The van der Waals surface area contributed by atoms with E-state index in [0.29, 0.717) is 12.3 Å². The summed E-state index contributed by atoms with van der Waals surface area (Å²) in [4.78, 5) is 10.4. The second-order valence-corrected chi connectivity index (χ2v) is 3.36. The number of rotatable bonds is 5. The van der Waals surface area contributed by atoms with Crippen molar-refractivity contribution < 1.29 is 9.90 Å².